The van der Waals surface area contributed by atoms with E-state index in [2.05, 4.69) is 27.2 Å². The smallest absolute Gasteiger partial charge is 0.263 e. The summed E-state index contributed by atoms with van der Waals surface area (Å²) in [5, 5.41) is 3.76. The Labute approximate surface area is 124 Å². The van der Waals surface area contributed by atoms with Gasteiger partial charge in [-0.15, -0.1) is 23.7 Å². The summed E-state index contributed by atoms with van der Waals surface area (Å²) in [6.07, 6.45) is 5.73. The van der Waals surface area contributed by atoms with E-state index in [9.17, 15) is 4.79 Å². The molecule has 2 rings (SSSR count). The maximum atomic E-state index is 12.1. The minimum Gasteiger partial charge on any atom is -0.397 e. The fourth-order valence-corrected chi connectivity index (χ4v) is 3.35. The Morgan fingerprint density at radius 1 is 1.63 bits per heavy atom. The SMILES string of the molecule is C#CCC(C)NC(=O)c1sc2cc(Br)ccc2c1N. The Morgan fingerprint density at radius 3 is 3.05 bits per heavy atom. The van der Waals surface area contributed by atoms with Crippen molar-refractivity contribution in [3.8, 4) is 12.3 Å². The zero-order valence-corrected chi connectivity index (χ0v) is 12.8. The summed E-state index contributed by atoms with van der Waals surface area (Å²) in [5.74, 6) is 2.36. The zero-order chi connectivity index (χ0) is 14.0. The molecule has 1 heterocycles. The first-order valence-electron chi connectivity index (χ1n) is 5.74. The summed E-state index contributed by atoms with van der Waals surface area (Å²) in [4.78, 5) is 12.7. The first-order chi connectivity index (χ1) is 9.02. The van der Waals surface area contributed by atoms with Crippen LogP contribution in [0.4, 0.5) is 5.69 Å². The third kappa shape index (κ3) is 2.91. The van der Waals surface area contributed by atoms with Crippen LogP contribution in [0.3, 0.4) is 0 Å². The van der Waals surface area contributed by atoms with E-state index in [0.29, 0.717) is 17.0 Å². The van der Waals surface area contributed by atoms with Gasteiger partial charge < -0.3 is 11.1 Å². The van der Waals surface area contributed by atoms with Crippen molar-refractivity contribution in [3.63, 3.8) is 0 Å². The van der Waals surface area contributed by atoms with E-state index >= 15 is 0 Å². The van der Waals surface area contributed by atoms with Crippen LogP contribution >= 0.6 is 27.3 Å². The number of thiophene rings is 1. The molecule has 0 aliphatic carbocycles. The largest absolute Gasteiger partial charge is 0.397 e. The van der Waals surface area contributed by atoms with Crippen LogP contribution < -0.4 is 11.1 Å². The Morgan fingerprint density at radius 2 is 2.37 bits per heavy atom. The third-order valence-electron chi connectivity index (χ3n) is 2.70. The first-order valence-corrected chi connectivity index (χ1v) is 7.35. The van der Waals surface area contributed by atoms with Crippen LogP contribution in [0.25, 0.3) is 10.1 Å². The number of fused-ring (bicyclic) bond motifs is 1. The number of hydrogen-bond donors (Lipinski definition) is 2. The monoisotopic (exact) mass is 336 g/mol. The molecule has 0 aliphatic heterocycles. The average Bonchev–Trinajstić information content (AvgIpc) is 2.66. The molecule has 5 heteroatoms. The topological polar surface area (TPSA) is 55.1 Å². The van der Waals surface area contributed by atoms with Gasteiger partial charge in [0, 0.05) is 27.0 Å². The van der Waals surface area contributed by atoms with Crippen molar-refractivity contribution in [2.75, 3.05) is 5.73 Å². The first kappa shape index (κ1) is 13.9. The summed E-state index contributed by atoms with van der Waals surface area (Å²) < 4.78 is 1.95. The van der Waals surface area contributed by atoms with Gasteiger partial charge in [-0.25, -0.2) is 0 Å². The van der Waals surface area contributed by atoms with Crippen molar-refractivity contribution in [1.82, 2.24) is 5.32 Å². The molecule has 1 aromatic heterocycles. The number of anilines is 1. The molecule has 1 atom stereocenters. The average molecular weight is 337 g/mol. The number of nitrogens with one attached hydrogen (secondary N) is 1. The molecule has 98 valence electrons. The molecule has 3 N–H and O–H groups in total. The number of carbonyl (C=O) groups excluding carboxylic acids is 1. The van der Waals surface area contributed by atoms with Crippen molar-refractivity contribution < 1.29 is 4.79 Å². The van der Waals surface area contributed by atoms with E-state index < -0.39 is 0 Å². The predicted octanol–water partition coefficient (Wildman–Crippen LogP) is 3.39. The number of carbonyl (C=O) groups is 1. The van der Waals surface area contributed by atoms with Gasteiger partial charge in [-0.05, 0) is 19.1 Å². The lowest BCUT2D eigenvalue weighted by Gasteiger charge is -2.09. The molecule has 0 spiro atoms. The summed E-state index contributed by atoms with van der Waals surface area (Å²) in [5.41, 5.74) is 6.56. The highest BCUT2D eigenvalue weighted by Gasteiger charge is 2.17. The minimum absolute atomic E-state index is 0.0613. The van der Waals surface area contributed by atoms with Gasteiger partial charge in [0.1, 0.15) is 4.88 Å². The number of benzene rings is 1. The molecule has 1 unspecified atom stereocenters. The quantitative estimate of drug-likeness (QED) is 0.844. The van der Waals surface area contributed by atoms with Gasteiger partial charge in [0.05, 0.1) is 5.69 Å². The molecule has 2 aromatic rings. The van der Waals surface area contributed by atoms with Gasteiger partial charge in [0.2, 0.25) is 0 Å². The predicted molar refractivity (Wildman–Crippen MR) is 84.3 cm³/mol. The van der Waals surface area contributed by atoms with E-state index in [1.54, 1.807) is 0 Å². The molecule has 0 fully saturated rings. The van der Waals surface area contributed by atoms with Crippen molar-refractivity contribution >= 4 is 48.9 Å². The second kappa shape index (κ2) is 5.64. The van der Waals surface area contributed by atoms with Gasteiger partial charge >= 0.3 is 0 Å². The normalized spacial score (nSPS) is 12.1. The number of nitrogen functional groups attached to an aromatic ring is 1. The number of rotatable bonds is 3. The van der Waals surface area contributed by atoms with E-state index in [4.69, 9.17) is 12.2 Å². The lowest BCUT2D eigenvalue weighted by Crippen LogP contribution is -2.32. The molecule has 19 heavy (non-hydrogen) atoms. The van der Waals surface area contributed by atoms with Crippen LogP contribution in [0.2, 0.25) is 0 Å². The van der Waals surface area contributed by atoms with E-state index in [0.717, 1.165) is 14.6 Å². The van der Waals surface area contributed by atoms with Crippen molar-refractivity contribution in [2.24, 2.45) is 0 Å². The maximum absolute atomic E-state index is 12.1. The van der Waals surface area contributed by atoms with E-state index in [1.165, 1.54) is 11.3 Å². The summed E-state index contributed by atoms with van der Waals surface area (Å²) in [7, 11) is 0. The number of nitrogens with two attached hydrogens (primary N) is 1. The summed E-state index contributed by atoms with van der Waals surface area (Å²) in [6.45, 7) is 1.87. The highest BCUT2D eigenvalue weighted by molar-refractivity contribution is 9.10. The molecule has 0 saturated heterocycles. The molecule has 3 nitrogen and oxygen atoms in total. The molecular weight excluding hydrogens is 324 g/mol. The summed E-state index contributed by atoms with van der Waals surface area (Å²) in [6, 6.07) is 5.72. The number of hydrogen-bond acceptors (Lipinski definition) is 3. The van der Waals surface area contributed by atoms with Crippen LogP contribution in [0.5, 0.6) is 0 Å². The molecule has 0 radical (unpaired) electrons. The van der Waals surface area contributed by atoms with Crippen LogP contribution in [-0.2, 0) is 0 Å². The van der Waals surface area contributed by atoms with Gasteiger partial charge in [-0.2, -0.15) is 0 Å². The Hall–Kier alpha value is -1.51. The lowest BCUT2D eigenvalue weighted by molar-refractivity contribution is 0.0946. The molecule has 0 bridgehead atoms. The van der Waals surface area contributed by atoms with Gasteiger partial charge in [-0.3, -0.25) is 4.79 Å². The van der Waals surface area contributed by atoms with Crippen molar-refractivity contribution in [3.05, 3.63) is 27.5 Å². The standard InChI is InChI=1S/C14H13BrN2OS/c1-3-4-8(2)17-14(18)13-12(16)10-6-5-9(15)7-11(10)19-13/h1,5-8H,4,16H2,2H3,(H,17,18). The molecule has 1 amide bonds. The van der Waals surface area contributed by atoms with E-state index in [1.807, 2.05) is 25.1 Å². The van der Waals surface area contributed by atoms with Crippen LogP contribution in [0.15, 0.2) is 22.7 Å². The fourth-order valence-electron chi connectivity index (χ4n) is 1.78. The van der Waals surface area contributed by atoms with E-state index in [-0.39, 0.29) is 11.9 Å². The van der Waals surface area contributed by atoms with Crippen molar-refractivity contribution in [1.29, 1.82) is 0 Å². The Bertz CT molecular complexity index is 672. The number of halogens is 1. The number of terminal acetylenes is 1. The Kier molecular flexibility index (Phi) is 4.13. The van der Waals surface area contributed by atoms with Crippen LogP contribution in [0.1, 0.15) is 23.0 Å². The highest BCUT2D eigenvalue weighted by Crippen LogP contribution is 2.35. The molecule has 0 saturated carbocycles. The van der Waals surface area contributed by atoms with Crippen molar-refractivity contribution in [2.45, 2.75) is 19.4 Å². The number of amides is 1. The Balaban J connectivity index is 2.33. The third-order valence-corrected chi connectivity index (χ3v) is 4.36. The molecule has 0 aliphatic rings. The lowest BCUT2D eigenvalue weighted by atomic mass is 10.2. The molecular formula is C14H13BrN2OS. The maximum Gasteiger partial charge on any atom is 0.263 e. The van der Waals surface area contributed by atoms with Crippen LogP contribution in [0, 0.1) is 12.3 Å². The van der Waals surface area contributed by atoms with Gasteiger partial charge in [0.15, 0.2) is 0 Å². The highest BCUT2D eigenvalue weighted by atomic mass is 79.9. The zero-order valence-electron chi connectivity index (χ0n) is 10.4. The van der Waals surface area contributed by atoms with Crippen LogP contribution in [-0.4, -0.2) is 11.9 Å². The second-order valence-electron chi connectivity index (χ2n) is 4.27. The van der Waals surface area contributed by atoms with Gasteiger partial charge in [-0.1, -0.05) is 22.0 Å². The van der Waals surface area contributed by atoms with Gasteiger partial charge in [0.25, 0.3) is 5.91 Å². The fraction of sp³-hybridized carbons (Fsp3) is 0.214. The summed E-state index contributed by atoms with van der Waals surface area (Å²) >= 11 is 4.79. The second-order valence-corrected chi connectivity index (χ2v) is 6.24. The minimum atomic E-state index is -0.169. The molecule has 1 aromatic carbocycles.